The largest absolute Gasteiger partial charge is 0.449 e. The lowest BCUT2D eigenvalue weighted by Gasteiger charge is -2.45. The summed E-state index contributed by atoms with van der Waals surface area (Å²) < 4.78 is 19.6. The van der Waals surface area contributed by atoms with Gasteiger partial charge < -0.3 is 9.32 Å². The number of aromatic nitrogens is 3. The third-order valence-corrected chi connectivity index (χ3v) is 6.95. The van der Waals surface area contributed by atoms with Crippen LogP contribution in [0.3, 0.4) is 0 Å². The Morgan fingerprint density at radius 1 is 1.14 bits per heavy atom. The van der Waals surface area contributed by atoms with E-state index in [0.717, 1.165) is 16.7 Å². The van der Waals surface area contributed by atoms with Crippen LogP contribution in [0.15, 0.2) is 47.0 Å². The number of aromatic amines is 1. The molecule has 1 saturated heterocycles. The Labute approximate surface area is 214 Å². The van der Waals surface area contributed by atoms with E-state index < -0.39 is 5.54 Å². The zero-order valence-electron chi connectivity index (χ0n) is 21.8. The molecule has 9 heteroatoms. The molecule has 0 atom stereocenters. The molecule has 1 aliphatic rings. The van der Waals surface area contributed by atoms with Crippen LogP contribution in [-0.2, 0) is 10.2 Å². The molecule has 0 aliphatic carbocycles. The Bertz CT molecular complexity index is 1510. The number of nitrogens with zero attached hydrogens (tertiary/aromatic N) is 4. The summed E-state index contributed by atoms with van der Waals surface area (Å²) >= 11 is 0. The minimum atomic E-state index is -1.11. The number of piperazine rings is 1. The number of rotatable bonds is 3. The lowest BCUT2D eigenvalue weighted by Crippen LogP contribution is -2.65. The number of hydrogen-bond acceptors (Lipinski definition) is 5. The van der Waals surface area contributed by atoms with Gasteiger partial charge in [0, 0.05) is 35.8 Å². The van der Waals surface area contributed by atoms with Crippen molar-refractivity contribution in [1.29, 1.82) is 0 Å². The van der Waals surface area contributed by atoms with Crippen molar-refractivity contribution >= 4 is 28.7 Å². The van der Waals surface area contributed by atoms with Crippen LogP contribution in [0.25, 0.3) is 22.4 Å². The monoisotopic (exact) mass is 503 g/mol. The van der Waals surface area contributed by atoms with Gasteiger partial charge in [-0.3, -0.25) is 19.6 Å². The molecular weight excluding hydrogens is 473 g/mol. The summed E-state index contributed by atoms with van der Waals surface area (Å²) in [6.07, 6.45) is 1.67. The first-order valence-electron chi connectivity index (χ1n) is 12.2. The molecule has 0 saturated carbocycles. The molecule has 1 N–H and O–H groups in total. The number of carbonyl (C=O) groups is 2. The lowest BCUT2D eigenvalue weighted by atomic mass is 9.86. The van der Waals surface area contributed by atoms with Gasteiger partial charge in [0.05, 0.1) is 11.9 Å². The SMILES string of the molecule is Cc1cn[nH]c1N1CCN(C(=O)c2cc3nc(-c4ccc(F)cc4)cc(C(C)(C)C)c3o2)C(C)(C)C1=O. The van der Waals surface area contributed by atoms with Crippen LogP contribution in [0.2, 0.25) is 0 Å². The van der Waals surface area contributed by atoms with E-state index in [2.05, 4.69) is 31.0 Å². The van der Waals surface area contributed by atoms with E-state index in [0.29, 0.717) is 35.7 Å². The summed E-state index contributed by atoms with van der Waals surface area (Å²) in [7, 11) is 0. The number of pyridine rings is 1. The summed E-state index contributed by atoms with van der Waals surface area (Å²) in [6, 6.07) is 9.70. The van der Waals surface area contributed by atoms with E-state index in [1.807, 2.05) is 13.0 Å². The van der Waals surface area contributed by atoms with E-state index in [9.17, 15) is 14.0 Å². The normalized spacial score (nSPS) is 16.0. The molecule has 2 amide bonds. The van der Waals surface area contributed by atoms with Crippen molar-refractivity contribution in [2.24, 2.45) is 0 Å². The number of H-pyrrole nitrogens is 1. The predicted molar refractivity (Wildman–Crippen MR) is 139 cm³/mol. The zero-order chi connectivity index (χ0) is 26.7. The van der Waals surface area contributed by atoms with Crippen LogP contribution < -0.4 is 4.90 Å². The van der Waals surface area contributed by atoms with E-state index in [1.54, 1.807) is 48.0 Å². The van der Waals surface area contributed by atoms with Crippen molar-refractivity contribution in [3.8, 4) is 11.3 Å². The third-order valence-electron chi connectivity index (χ3n) is 6.95. The van der Waals surface area contributed by atoms with Crippen molar-refractivity contribution in [3.05, 3.63) is 65.3 Å². The molecule has 5 rings (SSSR count). The van der Waals surface area contributed by atoms with Crippen LogP contribution in [0.1, 0.15) is 56.3 Å². The summed E-state index contributed by atoms with van der Waals surface area (Å²) in [6.45, 7) is 12.2. The number of benzene rings is 1. The van der Waals surface area contributed by atoms with E-state index in [-0.39, 0.29) is 28.8 Å². The second kappa shape index (κ2) is 8.54. The Hall–Kier alpha value is -4.01. The fraction of sp³-hybridized carbons (Fsp3) is 0.357. The summed E-state index contributed by atoms with van der Waals surface area (Å²) in [5.74, 6) is -0.141. The Balaban J connectivity index is 1.53. The van der Waals surface area contributed by atoms with E-state index >= 15 is 0 Å². The molecule has 192 valence electrons. The average Bonchev–Trinajstić information content (AvgIpc) is 3.45. The molecule has 4 aromatic rings. The number of anilines is 1. The Kier molecular flexibility index (Phi) is 5.69. The van der Waals surface area contributed by atoms with Crippen LogP contribution in [-0.4, -0.2) is 50.5 Å². The number of aryl methyl sites for hydroxylation is 1. The number of hydrogen-bond donors (Lipinski definition) is 1. The fourth-order valence-electron chi connectivity index (χ4n) is 4.79. The highest BCUT2D eigenvalue weighted by molar-refractivity contribution is 6.05. The minimum absolute atomic E-state index is 0.122. The molecule has 0 bridgehead atoms. The highest BCUT2D eigenvalue weighted by Crippen LogP contribution is 2.36. The molecule has 4 heterocycles. The molecular formula is C28H30FN5O3. The molecule has 1 aromatic carbocycles. The van der Waals surface area contributed by atoms with Gasteiger partial charge in [-0.1, -0.05) is 20.8 Å². The van der Waals surface area contributed by atoms with E-state index in [1.165, 1.54) is 12.1 Å². The van der Waals surface area contributed by atoms with Crippen molar-refractivity contribution in [2.45, 2.75) is 52.5 Å². The van der Waals surface area contributed by atoms with Gasteiger partial charge in [0.25, 0.3) is 11.8 Å². The second-order valence-corrected chi connectivity index (χ2v) is 11.0. The molecule has 8 nitrogen and oxygen atoms in total. The molecule has 37 heavy (non-hydrogen) atoms. The lowest BCUT2D eigenvalue weighted by molar-refractivity contribution is -0.129. The van der Waals surface area contributed by atoms with Crippen molar-refractivity contribution in [3.63, 3.8) is 0 Å². The van der Waals surface area contributed by atoms with Gasteiger partial charge in [0.1, 0.15) is 22.7 Å². The number of furan rings is 1. The van der Waals surface area contributed by atoms with Gasteiger partial charge in [-0.15, -0.1) is 0 Å². The van der Waals surface area contributed by atoms with Crippen molar-refractivity contribution in [2.75, 3.05) is 18.0 Å². The molecule has 0 spiro atoms. The van der Waals surface area contributed by atoms with Crippen LogP contribution >= 0.6 is 0 Å². The minimum Gasteiger partial charge on any atom is -0.449 e. The van der Waals surface area contributed by atoms with Gasteiger partial charge >= 0.3 is 0 Å². The van der Waals surface area contributed by atoms with Gasteiger partial charge in [-0.05, 0) is 56.5 Å². The van der Waals surface area contributed by atoms with Crippen molar-refractivity contribution < 1.29 is 18.4 Å². The second-order valence-electron chi connectivity index (χ2n) is 11.0. The highest BCUT2D eigenvalue weighted by Gasteiger charge is 2.46. The molecule has 1 fully saturated rings. The van der Waals surface area contributed by atoms with Crippen LogP contribution in [0.4, 0.5) is 10.2 Å². The quantitative estimate of drug-likeness (QED) is 0.413. The number of amides is 2. The topological polar surface area (TPSA) is 95.3 Å². The van der Waals surface area contributed by atoms with Gasteiger partial charge in [-0.25, -0.2) is 9.37 Å². The van der Waals surface area contributed by atoms with Gasteiger partial charge in [0.15, 0.2) is 11.3 Å². The average molecular weight is 504 g/mol. The first-order valence-corrected chi connectivity index (χ1v) is 12.2. The number of nitrogens with one attached hydrogen (secondary N) is 1. The van der Waals surface area contributed by atoms with Crippen LogP contribution in [0.5, 0.6) is 0 Å². The Morgan fingerprint density at radius 3 is 2.46 bits per heavy atom. The summed E-state index contributed by atoms with van der Waals surface area (Å²) in [5.41, 5.74) is 2.81. The fourth-order valence-corrected chi connectivity index (χ4v) is 4.79. The molecule has 1 aliphatic heterocycles. The van der Waals surface area contributed by atoms with Gasteiger partial charge in [0.2, 0.25) is 0 Å². The zero-order valence-corrected chi connectivity index (χ0v) is 21.8. The molecule has 0 unspecified atom stereocenters. The van der Waals surface area contributed by atoms with Crippen molar-refractivity contribution in [1.82, 2.24) is 20.1 Å². The smallest absolute Gasteiger partial charge is 0.290 e. The number of carbonyl (C=O) groups excluding carboxylic acids is 2. The first-order chi connectivity index (χ1) is 17.4. The maximum atomic E-state index is 13.7. The predicted octanol–water partition coefficient (Wildman–Crippen LogP) is 5.23. The molecule has 3 aromatic heterocycles. The van der Waals surface area contributed by atoms with Gasteiger partial charge in [-0.2, -0.15) is 5.10 Å². The third kappa shape index (κ3) is 4.18. The van der Waals surface area contributed by atoms with Crippen LogP contribution in [0, 0.1) is 12.7 Å². The number of halogens is 1. The summed E-state index contributed by atoms with van der Waals surface area (Å²) in [5, 5.41) is 6.91. The van der Waals surface area contributed by atoms with E-state index in [4.69, 9.17) is 9.40 Å². The Morgan fingerprint density at radius 2 is 1.84 bits per heavy atom. The number of fused-ring (bicyclic) bond motifs is 1. The first kappa shape index (κ1) is 24.7. The maximum Gasteiger partial charge on any atom is 0.290 e. The maximum absolute atomic E-state index is 13.7. The highest BCUT2D eigenvalue weighted by atomic mass is 19.1. The standard InChI is InChI=1S/C28H30FN5O3/c1-16-15-30-32-24(16)33-11-12-34(28(5,6)26(33)36)25(35)22-14-21-23(37-22)19(27(2,3)4)13-20(31-21)17-7-9-18(29)10-8-17/h7-10,13-15H,11-12H2,1-6H3,(H,30,32). The molecule has 0 radical (unpaired) electrons. The summed E-state index contributed by atoms with van der Waals surface area (Å²) in [4.78, 5) is 35.1.